The quantitative estimate of drug-likeness (QED) is 0.533. The minimum atomic E-state index is -2.94. The summed E-state index contributed by atoms with van der Waals surface area (Å²) in [5, 5.41) is 9.00. The molecule has 0 aliphatic carbocycles. The molecule has 3 aromatic carbocycles. The van der Waals surface area contributed by atoms with E-state index in [9.17, 15) is 13.6 Å². The molecule has 3 rings (SSSR count). The number of ether oxygens (including phenoxy) is 2. The molecule has 0 aliphatic rings. The number of halogens is 3. The fourth-order valence-electron chi connectivity index (χ4n) is 2.57. The highest BCUT2D eigenvalue weighted by molar-refractivity contribution is 6.32. The van der Waals surface area contributed by atoms with Crippen molar-refractivity contribution in [2.24, 2.45) is 0 Å². The summed E-state index contributed by atoms with van der Waals surface area (Å²) in [6.07, 6.45) is 0. The van der Waals surface area contributed by atoms with Crippen LogP contribution >= 0.6 is 11.6 Å². The van der Waals surface area contributed by atoms with Gasteiger partial charge in [0.15, 0.2) is 0 Å². The number of hydrogen-bond donors (Lipinski definition) is 1. The van der Waals surface area contributed by atoms with E-state index in [-0.39, 0.29) is 22.9 Å². The Hall–Kier alpha value is -3.12. The van der Waals surface area contributed by atoms with Crippen LogP contribution in [-0.4, -0.2) is 17.7 Å². The van der Waals surface area contributed by atoms with E-state index in [1.807, 2.05) is 24.3 Å². The summed E-state index contributed by atoms with van der Waals surface area (Å²) in [6, 6.07) is 18.2. The number of carboxylic acids is 1. The number of hydrogen-bond acceptors (Lipinski definition) is 3. The zero-order valence-corrected chi connectivity index (χ0v) is 15.2. The fourth-order valence-corrected chi connectivity index (χ4v) is 2.80. The molecule has 0 unspecified atom stereocenters. The van der Waals surface area contributed by atoms with Crippen LogP contribution in [0.4, 0.5) is 8.78 Å². The van der Waals surface area contributed by atoms with Gasteiger partial charge in [-0.1, -0.05) is 35.9 Å². The minimum Gasteiger partial charge on any atom is -0.489 e. The Bertz CT molecular complexity index is 974. The molecular weight excluding hydrogens is 390 g/mol. The van der Waals surface area contributed by atoms with Crippen LogP contribution in [0, 0.1) is 0 Å². The van der Waals surface area contributed by atoms with Gasteiger partial charge in [-0.2, -0.15) is 8.78 Å². The van der Waals surface area contributed by atoms with Gasteiger partial charge in [0.05, 0.1) is 10.6 Å². The normalized spacial score (nSPS) is 10.7. The van der Waals surface area contributed by atoms with E-state index in [1.165, 1.54) is 18.2 Å². The highest BCUT2D eigenvalue weighted by Gasteiger charge is 2.10. The molecule has 144 valence electrons. The van der Waals surface area contributed by atoms with Gasteiger partial charge in [0.25, 0.3) is 0 Å². The lowest BCUT2D eigenvalue weighted by Gasteiger charge is -2.10. The Kier molecular flexibility index (Phi) is 6.11. The standard InChI is InChI=1S/C21H15ClF2O4/c22-18-11-16(6-9-19(18)28-21(23)24)15-3-1-2-13(10-15)12-27-17-7-4-14(5-8-17)20(25)26/h1-11,21H,12H2,(H,25,26). The summed E-state index contributed by atoms with van der Waals surface area (Å²) in [4.78, 5) is 10.9. The molecule has 0 heterocycles. The molecule has 0 spiro atoms. The van der Waals surface area contributed by atoms with E-state index < -0.39 is 12.6 Å². The van der Waals surface area contributed by atoms with E-state index >= 15 is 0 Å². The largest absolute Gasteiger partial charge is 0.489 e. The first-order chi connectivity index (χ1) is 13.4. The third kappa shape index (κ3) is 4.98. The number of carbonyl (C=O) groups is 1. The van der Waals surface area contributed by atoms with Gasteiger partial charge in [0.2, 0.25) is 0 Å². The zero-order chi connectivity index (χ0) is 20.1. The third-order valence-electron chi connectivity index (χ3n) is 3.92. The first kappa shape index (κ1) is 19.6. The predicted octanol–water partition coefficient (Wildman–Crippen LogP) is 5.89. The average molecular weight is 405 g/mol. The molecular formula is C21H15ClF2O4. The topological polar surface area (TPSA) is 55.8 Å². The molecule has 3 aromatic rings. The van der Waals surface area contributed by atoms with Crippen molar-refractivity contribution >= 4 is 17.6 Å². The molecule has 0 saturated heterocycles. The van der Waals surface area contributed by atoms with Crippen molar-refractivity contribution in [2.75, 3.05) is 0 Å². The molecule has 0 bridgehead atoms. The maximum atomic E-state index is 12.3. The lowest BCUT2D eigenvalue weighted by molar-refractivity contribution is -0.0497. The first-order valence-corrected chi connectivity index (χ1v) is 8.60. The van der Waals surface area contributed by atoms with E-state index in [4.69, 9.17) is 21.4 Å². The molecule has 0 aliphatic heterocycles. The van der Waals surface area contributed by atoms with Crippen molar-refractivity contribution in [1.29, 1.82) is 0 Å². The van der Waals surface area contributed by atoms with E-state index in [0.717, 1.165) is 16.7 Å². The molecule has 0 fully saturated rings. The lowest BCUT2D eigenvalue weighted by atomic mass is 10.0. The van der Waals surface area contributed by atoms with Crippen LogP contribution < -0.4 is 9.47 Å². The Morgan fingerprint density at radius 2 is 1.71 bits per heavy atom. The average Bonchev–Trinajstić information content (AvgIpc) is 2.68. The van der Waals surface area contributed by atoms with Crippen LogP contribution in [0.5, 0.6) is 11.5 Å². The number of alkyl halides is 2. The molecule has 7 heteroatoms. The highest BCUT2D eigenvalue weighted by Crippen LogP contribution is 2.31. The van der Waals surface area contributed by atoms with Crippen LogP contribution in [0.15, 0.2) is 66.7 Å². The van der Waals surface area contributed by atoms with Crippen LogP contribution in [0.25, 0.3) is 11.1 Å². The maximum Gasteiger partial charge on any atom is 0.387 e. The van der Waals surface area contributed by atoms with Crippen LogP contribution in [0.1, 0.15) is 15.9 Å². The van der Waals surface area contributed by atoms with Crippen molar-refractivity contribution in [3.63, 3.8) is 0 Å². The molecule has 0 amide bonds. The Morgan fingerprint density at radius 3 is 2.36 bits per heavy atom. The molecule has 4 nitrogen and oxygen atoms in total. The summed E-state index contributed by atoms with van der Waals surface area (Å²) in [5.41, 5.74) is 2.65. The second-order valence-electron chi connectivity index (χ2n) is 5.84. The molecule has 0 radical (unpaired) electrons. The van der Waals surface area contributed by atoms with Gasteiger partial charge in [-0.3, -0.25) is 0 Å². The Balaban J connectivity index is 1.71. The molecule has 0 aromatic heterocycles. The van der Waals surface area contributed by atoms with Crippen LogP contribution in [-0.2, 0) is 6.61 Å². The lowest BCUT2D eigenvalue weighted by Crippen LogP contribution is -2.02. The van der Waals surface area contributed by atoms with E-state index in [2.05, 4.69) is 4.74 Å². The second-order valence-corrected chi connectivity index (χ2v) is 6.25. The maximum absolute atomic E-state index is 12.3. The highest BCUT2D eigenvalue weighted by atomic mass is 35.5. The Morgan fingerprint density at radius 1 is 1.00 bits per heavy atom. The van der Waals surface area contributed by atoms with Gasteiger partial charge >= 0.3 is 12.6 Å². The van der Waals surface area contributed by atoms with Gasteiger partial charge < -0.3 is 14.6 Å². The summed E-state index contributed by atoms with van der Waals surface area (Å²) >= 11 is 6.01. The van der Waals surface area contributed by atoms with Crippen LogP contribution in [0.3, 0.4) is 0 Å². The number of benzene rings is 3. The Labute approximate surface area is 164 Å². The molecule has 28 heavy (non-hydrogen) atoms. The van der Waals surface area contributed by atoms with Gasteiger partial charge in [-0.05, 0) is 59.2 Å². The SMILES string of the molecule is O=C(O)c1ccc(OCc2cccc(-c3ccc(OC(F)F)c(Cl)c3)c2)cc1. The van der Waals surface area contributed by atoms with Gasteiger partial charge in [-0.15, -0.1) is 0 Å². The molecule has 0 atom stereocenters. The summed E-state index contributed by atoms with van der Waals surface area (Å²) in [6.45, 7) is -2.66. The monoisotopic (exact) mass is 404 g/mol. The van der Waals surface area contributed by atoms with Crippen molar-refractivity contribution < 1.29 is 28.2 Å². The number of rotatable bonds is 7. The summed E-state index contributed by atoms with van der Waals surface area (Å²) < 4.78 is 34.7. The predicted molar refractivity (Wildman–Crippen MR) is 101 cm³/mol. The number of aromatic carboxylic acids is 1. The van der Waals surface area contributed by atoms with Crippen molar-refractivity contribution in [3.05, 3.63) is 82.9 Å². The van der Waals surface area contributed by atoms with Gasteiger partial charge in [0.1, 0.15) is 18.1 Å². The van der Waals surface area contributed by atoms with Gasteiger partial charge in [-0.25, -0.2) is 4.79 Å². The van der Waals surface area contributed by atoms with Crippen molar-refractivity contribution in [1.82, 2.24) is 0 Å². The van der Waals surface area contributed by atoms with Crippen LogP contribution in [0.2, 0.25) is 5.02 Å². The first-order valence-electron chi connectivity index (χ1n) is 8.22. The molecule has 0 saturated carbocycles. The van der Waals surface area contributed by atoms with Crippen molar-refractivity contribution in [2.45, 2.75) is 13.2 Å². The second kappa shape index (κ2) is 8.71. The summed E-state index contributed by atoms with van der Waals surface area (Å²) in [5.74, 6) is -0.528. The van der Waals surface area contributed by atoms with E-state index in [0.29, 0.717) is 5.75 Å². The minimum absolute atomic E-state index is 0.0790. The summed E-state index contributed by atoms with van der Waals surface area (Å²) in [7, 11) is 0. The third-order valence-corrected chi connectivity index (χ3v) is 4.21. The zero-order valence-electron chi connectivity index (χ0n) is 14.4. The fraction of sp³-hybridized carbons (Fsp3) is 0.0952. The van der Waals surface area contributed by atoms with Gasteiger partial charge in [0, 0.05) is 0 Å². The molecule has 1 N–H and O–H groups in total. The van der Waals surface area contributed by atoms with E-state index in [1.54, 1.807) is 24.3 Å². The smallest absolute Gasteiger partial charge is 0.387 e. The number of carboxylic acid groups (broad SMARTS) is 1. The van der Waals surface area contributed by atoms with Crippen molar-refractivity contribution in [3.8, 4) is 22.6 Å².